The zero-order valence-electron chi connectivity index (χ0n) is 19.1. The van der Waals surface area contributed by atoms with Crippen LogP contribution in [0, 0.1) is 34.5 Å². The fourth-order valence-corrected chi connectivity index (χ4v) is 8.05. The molecule has 0 aromatic carbocycles. The van der Waals surface area contributed by atoms with Crippen LogP contribution in [-0.4, -0.2) is 12.1 Å². The molecule has 4 aliphatic carbocycles. The van der Waals surface area contributed by atoms with Gasteiger partial charge >= 0.3 is 0 Å². The molecular formula is C27H40O2. The molecule has 2 heteroatoms. The van der Waals surface area contributed by atoms with E-state index in [4.69, 9.17) is 0 Å². The van der Waals surface area contributed by atoms with E-state index in [-0.39, 0.29) is 0 Å². The first kappa shape index (κ1) is 21.1. The first-order valence-electron chi connectivity index (χ1n) is 12.2. The summed E-state index contributed by atoms with van der Waals surface area (Å²) < 4.78 is 0. The van der Waals surface area contributed by atoms with Crippen molar-refractivity contribution in [3.05, 3.63) is 22.8 Å². The lowest BCUT2D eigenvalue weighted by Crippen LogP contribution is -2.45. The number of fused-ring (bicyclic) bond motifs is 4. The summed E-state index contributed by atoms with van der Waals surface area (Å²) in [5.74, 6) is 3.43. The van der Waals surface area contributed by atoms with Crippen LogP contribution >= 0.6 is 0 Å². The number of ketones is 1. The number of aldehydes is 1. The summed E-state index contributed by atoms with van der Waals surface area (Å²) in [5.41, 5.74) is 5.26. The minimum Gasteiger partial charge on any atom is -0.300 e. The molecule has 0 saturated heterocycles. The average molecular weight is 397 g/mol. The zero-order chi connectivity index (χ0) is 20.8. The van der Waals surface area contributed by atoms with Gasteiger partial charge in [0.2, 0.25) is 0 Å². The van der Waals surface area contributed by atoms with Crippen LogP contribution in [0.1, 0.15) is 98.3 Å². The summed E-state index contributed by atoms with van der Waals surface area (Å²) in [6.07, 6.45) is 15.9. The SMILES string of the molecule is CC(C=O)=CCC[C@@H](C)[C@H]1CC[C@H]2C3=C(CC[C@]12C)[C@@]1(C)CCC(=O)C[C@@H]1CC3. The van der Waals surface area contributed by atoms with Gasteiger partial charge in [-0.2, -0.15) is 0 Å². The molecule has 0 amide bonds. The Kier molecular flexibility index (Phi) is 5.68. The molecule has 29 heavy (non-hydrogen) atoms. The molecule has 0 spiro atoms. The second-order valence-electron chi connectivity index (χ2n) is 11.3. The predicted octanol–water partition coefficient (Wildman–Crippen LogP) is 6.84. The van der Waals surface area contributed by atoms with Crippen molar-refractivity contribution >= 4 is 12.1 Å². The molecule has 2 nitrogen and oxygen atoms in total. The molecule has 0 radical (unpaired) electrons. The van der Waals surface area contributed by atoms with Gasteiger partial charge in [-0.1, -0.05) is 38.0 Å². The average Bonchev–Trinajstić information content (AvgIpc) is 3.05. The second kappa shape index (κ2) is 7.82. The van der Waals surface area contributed by atoms with Gasteiger partial charge < -0.3 is 0 Å². The van der Waals surface area contributed by atoms with Gasteiger partial charge in [0.1, 0.15) is 12.1 Å². The minimum atomic E-state index is 0.309. The van der Waals surface area contributed by atoms with Gasteiger partial charge in [-0.25, -0.2) is 0 Å². The van der Waals surface area contributed by atoms with Crippen molar-refractivity contribution in [1.29, 1.82) is 0 Å². The van der Waals surface area contributed by atoms with Crippen LogP contribution in [0.25, 0.3) is 0 Å². The summed E-state index contributed by atoms with van der Waals surface area (Å²) in [6.45, 7) is 9.46. The maximum Gasteiger partial charge on any atom is 0.145 e. The Morgan fingerprint density at radius 3 is 2.69 bits per heavy atom. The number of carbonyl (C=O) groups excluding carboxylic acids is 2. The van der Waals surface area contributed by atoms with Gasteiger partial charge in [0.05, 0.1) is 0 Å². The fraction of sp³-hybridized carbons (Fsp3) is 0.778. The smallest absolute Gasteiger partial charge is 0.145 e. The summed E-state index contributed by atoms with van der Waals surface area (Å²) in [7, 11) is 0. The lowest BCUT2D eigenvalue weighted by atomic mass is 9.50. The maximum absolute atomic E-state index is 12.1. The summed E-state index contributed by atoms with van der Waals surface area (Å²) in [6, 6.07) is 0. The Morgan fingerprint density at radius 2 is 1.93 bits per heavy atom. The van der Waals surface area contributed by atoms with Gasteiger partial charge in [0.15, 0.2) is 0 Å². The number of hydrogen-bond acceptors (Lipinski definition) is 2. The third kappa shape index (κ3) is 3.49. The molecule has 2 saturated carbocycles. The highest BCUT2D eigenvalue weighted by atomic mass is 16.1. The number of Topliss-reactive ketones (excluding diaryl/α,β-unsaturated/α-hetero) is 1. The Bertz CT molecular complexity index is 744. The van der Waals surface area contributed by atoms with Crippen LogP contribution in [0.4, 0.5) is 0 Å². The molecular weight excluding hydrogens is 356 g/mol. The van der Waals surface area contributed by atoms with Crippen LogP contribution in [0.2, 0.25) is 0 Å². The molecule has 0 unspecified atom stereocenters. The molecule has 6 atom stereocenters. The molecule has 2 fully saturated rings. The molecule has 0 aromatic heterocycles. The summed E-state index contributed by atoms with van der Waals surface area (Å²) >= 11 is 0. The molecule has 0 aromatic rings. The van der Waals surface area contributed by atoms with Crippen molar-refractivity contribution in [2.45, 2.75) is 98.3 Å². The lowest BCUT2D eigenvalue weighted by Gasteiger charge is -2.54. The highest BCUT2D eigenvalue weighted by Gasteiger charge is 2.55. The molecule has 4 rings (SSSR count). The van der Waals surface area contributed by atoms with E-state index < -0.39 is 0 Å². The number of carbonyl (C=O) groups is 2. The molecule has 0 N–H and O–H groups in total. The topological polar surface area (TPSA) is 34.1 Å². The largest absolute Gasteiger partial charge is 0.300 e. The Labute approximate surface area is 177 Å². The second-order valence-corrected chi connectivity index (χ2v) is 11.3. The minimum absolute atomic E-state index is 0.309. The van der Waals surface area contributed by atoms with Crippen LogP contribution in [-0.2, 0) is 9.59 Å². The predicted molar refractivity (Wildman–Crippen MR) is 118 cm³/mol. The Balaban J connectivity index is 1.53. The Morgan fingerprint density at radius 1 is 1.14 bits per heavy atom. The van der Waals surface area contributed by atoms with Crippen molar-refractivity contribution in [3.63, 3.8) is 0 Å². The zero-order valence-corrected chi connectivity index (χ0v) is 19.1. The molecule has 0 aliphatic heterocycles. The quantitative estimate of drug-likeness (QED) is 0.289. The van der Waals surface area contributed by atoms with Crippen molar-refractivity contribution < 1.29 is 9.59 Å². The molecule has 160 valence electrons. The van der Waals surface area contributed by atoms with E-state index in [9.17, 15) is 9.59 Å². The third-order valence-corrected chi connectivity index (χ3v) is 9.84. The number of allylic oxidation sites excluding steroid dienone is 4. The van der Waals surface area contributed by atoms with E-state index in [0.717, 1.165) is 55.3 Å². The number of rotatable bonds is 5. The van der Waals surface area contributed by atoms with Gasteiger partial charge in [-0.15, -0.1) is 0 Å². The van der Waals surface area contributed by atoms with Crippen molar-refractivity contribution in [3.8, 4) is 0 Å². The van der Waals surface area contributed by atoms with Crippen LogP contribution < -0.4 is 0 Å². The van der Waals surface area contributed by atoms with Gasteiger partial charge in [-0.3, -0.25) is 9.59 Å². The van der Waals surface area contributed by atoms with Crippen LogP contribution in [0.15, 0.2) is 22.8 Å². The molecule has 0 bridgehead atoms. The van der Waals surface area contributed by atoms with Gasteiger partial charge in [0, 0.05) is 12.8 Å². The fourth-order valence-electron chi connectivity index (χ4n) is 8.05. The van der Waals surface area contributed by atoms with Gasteiger partial charge in [-0.05, 0) is 105 Å². The van der Waals surface area contributed by atoms with Gasteiger partial charge in [0.25, 0.3) is 0 Å². The lowest BCUT2D eigenvalue weighted by molar-refractivity contribution is -0.124. The summed E-state index contributed by atoms with van der Waals surface area (Å²) in [5, 5.41) is 0. The highest BCUT2D eigenvalue weighted by molar-refractivity contribution is 5.80. The monoisotopic (exact) mass is 396 g/mol. The van der Waals surface area contributed by atoms with Crippen molar-refractivity contribution in [2.24, 2.45) is 34.5 Å². The standard InChI is InChI=1S/C27H40O2/c1-18(17-28)6-5-7-19(2)23-10-11-24-22-9-8-20-16-21(29)12-14-26(20,3)25(22)13-15-27(23,24)4/h6,17,19-20,23-24H,5,7-16H2,1-4H3/t19-,20+,23-,24+,26+,27-/m1/s1. The Hall–Kier alpha value is -1.18. The first-order valence-corrected chi connectivity index (χ1v) is 12.2. The van der Waals surface area contributed by atoms with E-state index in [0.29, 0.717) is 22.5 Å². The molecule has 4 aliphatic rings. The van der Waals surface area contributed by atoms with E-state index in [2.05, 4.69) is 26.8 Å². The highest BCUT2D eigenvalue weighted by Crippen LogP contribution is 2.65. The van der Waals surface area contributed by atoms with E-state index in [1.165, 1.54) is 44.9 Å². The normalized spacial score (nSPS) is 40.9. The van der Waals surface area contributed by atoms with E-state index in [1.54, 1.807) is 5.57 Å². The van der Waals surface area contributed by atoms with Crippen LogP contribution in [0.5, 0.6) is 0 Å². The third-order valence-electron chi connectivity index (χ3n) is 9.84. The van der Waals surface area contributed by atoms with Crippen molar-refractivity contribution in [2.75, 3.05) is 0 Å². The van der Waals surface area contributed by atoms with E-state index >= 15 is 0 Å². The summed E-state index contributed by atoms with van der Waals surface area (Å²) in [4.78, 5) is 22.9. The first-order chi connectivity index (χ1) is 13.8. The van der Waals surface area contributed by atoms with Crippen LogP contribution in [0.3, 0.4) is 0 Å². The van der Waals surface area contributed by atoms with E-state index in [1.807, 2.05) is 12.5 Å². The maximum atomic E-state index is 12.1. The van der Waals surface area contributed by atoms with Crippen molar-refractivity contribution in [1.82, 2.24) is 0 Å². The molecule has 0 heterocycles. The number of hydrogen-bond donors (Lipinski definition) is 0.